The third kappa shape index (κ3) is 4.23. The molecule has 0 unspecified atom stereocenters. The van der Waals surface area contributed by atoms with Gasteiger partial charge in [-0.2, -0.15) is 0 Å². The number of carbonyl (C=O) groups excluding carboxylic acids is 1. The summed E-state index contributed by atoms with van der Waals surface area (Å²) in [7, 11) is -3.73. The third-order valence-corrected chi connectivity index (χ3v) is 5.81. The molecule has 0 bridgehead atoms. The molecule has 3 aromatic rings. The van der Waals surface area contributed by atoms with Crippen LogP contribution in [0.5, 0.6) is 0 Å². The monoisotopic (exact) mass is 394 g/mol. The number of benzene rings is 3. The van der Waals surface area contributed by atoms with Gasteiger partial charge in [0.25, 0.3) is 15.9 Å². The van der Waals surface area contributed by atoms with Crippen molar-refractivity contribution in [1.29, 1.82) is 0 Å². The lowest BCUT2D eigenvalue weighted by atomic mass is 10.2. The van der Waals surface area contributed by atoms with Crippen LogP contribution in [0.3, 0.4) is 0 Å². The zero-order valence-corrected chi connectivity index (χ0v) is 16.6. The summed E-state index contributed by atoms with van der Waals surface area (Å²) >= 11 is 0. The standard InChI is InChI=1S/C22H22N2O3S/c1-3-24(19-10-5-4-6-11-19)22(25)18-13-15-20(16-14-18)28(26,27)23-21-12-8-7-9-17(21)2/h4-16,23H,3H2,1-2H3. The Bertz CT molecular complexity index is 1060. The van der Waals surface area contributed by atoms with Crippen LogP contribution in [0.1, 0.15) is 22.8 Å². The molecule has 6 heteroatoms. The molecule has 1 amide bonds. The highest BCUT2D eigenvalue weighted by Gasteiger charge is 2.19. The van der Waals surface area contributed by atoms with Crippen LogP contribution in [0.4, 0.5) is 11.4 Å². The fourth-order valence-corrected chi connectivity index (χ4v) is 4.01. The highest BCUT2D eigenvalue weighted by atomic mass is 32.2. The molecule has 3 aromatic carbocycles. The molecule has 0 atom stereocenters. The number of rotatable bonds is 6. The van der Waals surface area contributed by atoms with E-state index in [1.165, 1.54) is 12.1 Å². The third-order valence-electron chi connectivity index (χ3n) is 4.43. The Labute approximate surface area is 165 Å². The number of amides is 1. The van der Waals surface area contributed by atoms with Crippen LogP contribution in [0.25, 0.3) is 0 Å². The number of para-hydroxylation sites is 2. The van der Waals surface area contributed by atoms with E-state index in [0.717, 1.165) is 11.3 Å². The maximum Gasteiger partial charge on any atom is 0.261 e. The summed E-state index contributed by atoms with van der Waals surface area (Å²) in [6.45, 7) is 4.25. The Balaban J connectivity index is 1.82. The lowest BCUT2D eigenvalue weighted by Crippen LogP contribution is -2.30. The number of hydrogen-bond acceptors (Lipinski definition) is 3. The first-order valence-electron chi connectivity index (χ1n) is 8.98. The van der Waals surface area contributed by atoms with E-state index in [1.807, 2.05) is 56.3 Å². The number of aryl methyl sites for hydroxylation is 1. The lowest BCUT2D eigenvalue weighted by molar-refractivity contribution is 0.0988. The predicted octanol–water partition coefficient (Wildman–Crippen LogP) is 4.46. The van der Waals surface area contributed by atoms with Crippen LogP contribution in [0.15, 0.2) is 83.8 Å². The number of hydrogen-bond donors (Lipinski definition) is 1. The average molecular weight is 394 g/mol. The van der Waals surface area contributed by atoms with E-state index in [2.05, 4.69) is 4.72 Å². The van der Waals surface area contributed by atoms with Gasteiger partial charge in [-0.3, -0.25) is 9.52 Å². The Morgan fingerprint density at radius 2 is 1.50 bits per heavy atom. The van der Waals surface area contributed by atoms with E-state index in [-0.39, 0.29) is 10.8 Å². The van der Waals surface area contributed by atoms with Gasteiger partial charge in [0, 0.05) is 17.8 Å². The molecule has 0 aromatic heterocycles. The molecule has 0 aliphatic heterocycles. The van der Waals surface area contributed by atoms with Crippen LogP contribution in [0.2, 0.25) is 0 Å². The van der Waals surface area contributed by atoms with Crippen LogP contribution in [0, 0.1) is 6.92 Å². The smallest absolute Gasteiger partial charge is 0.261 e. The van der Waals surface area contributed by atoms with Gasteiger partial charge in [-0.05, 0) is 61.9 Å². The van der Waals surface area contributed by atoms with Crippen molar-refractivity contribution in [2.45, 2.75) is 18.7 Å². The van der Waals surface area contributed by atoms with Crippen molar-refractivity contribution in [2.24, 2.45) is 0 Å². The van der Waals surface area contributed by atoms with Crippen LogP contribution >= 0.6 is 0 Å². The zero-order valence-electron chi connectivity index (χ0n) is 15.8. The number of anilines is 2. The molecule has 144 valence electrons. The highest BCUT2D eigenvalue weighted by molar-refractivity contribution is 7.92. The van der Waals surface area contributed by atoms with E-state index in [9.17, 15) is 13.2 Å². The quantitative estimate of drug-likeness (QED) is 0.671. The zero-order chi connectivity index (χ0) is 20.1. The van der Waals surface area contributed by atoms with Crippen molar-refractivity contribution in [3.05, 3.63) is 90.0 Å². The summed E-state index contributed by atoms with van der Waals surface area (Å²) in [4.78, 5) is 14.6. The fourth-order valence-electron chi connectivity index (χ4n) is 2.87. The van der Waals surface area contributed by atoms with Gasteiger partial charge in [-0.25, -0.2) is 8.42 Å². The summed E-state index contributed by atoms with van der Waals surface area (Å²) in [5.74, 6) is -0.176. The van der Waals surface area contributed by atoms with Gasteiger partial charge in [0.05, 0.1) is 10.6 Å². The molecule has 0 aliphatic carbocycles. The van der Waals surface area contributed by atoms with E-state index < -0.39 is 10.0 Å². The molecule has 0 saturated heterocycles. The molecule has 0 saturated carbocycles. The molecule has 0 fully saturated rings. The molecule has 0 aliphatic rings. The van der Waals surface area contributed by atoms with E-state index >= 15 is 0 Å². The molecular weight excluding hydrogens is 372 g/mol. The topological polar surface area (TPSA) is 66.5 Å². The molecule has 5 nitrogen and oxygen atoms in total. The molecule has 3 rings (SSSR count). The van der Waals surface area contributed by atoms with Gasteiger partial charge >= 0.3 is 0 Å². The normalized spacial score (nSPS) is 11.1. The van der Waals surface area contributed by atoms with Crippen molar-refractivity contribution in [2.75, 3.05) is 16.2 Å². The van der Waals surface area contributed by atoms with Crippen LogP contribution in [-0.4, -0.2) is 20.9 Å². The first kappa shape index (κ1) is 19.6. The van der Waals surface area contributed by atoms with Crippen molar-refractivity contribution < 1.29 is 13.2 Å². The first-order chi connectivity index (χ1) is 13.4. The minimum atomic E-state index is -3.73. The minimum absolute atomic E-state index is 0.107. The van der Waals surface area contributed by atoms with E-state index in [1.54, 1.807) is 29.2 Å². The second-order valence-electron chi connectivity index (χ2n) is 6.33. The van der Waals surface area contributed by atoms with Crippen LogP contribution < -0.4 is 9.62 Å². The Hall–Kier alpha value is -3.12. The molecule has 1 N–H and O–H groups in total. The molecule has 0 heterocycles. The van der Waals surface area contributed by atoms with Crippen molar-refractivity contribution >= 4 is 27.3 Å². The van der Waals surface area contributed by atoms with Gasteiger partial charge in [0.15, 0.2) is 0 Å². The van der Waals surface area contributed by atoms with Gasteiger partial charge in [0.1, 0.15) is 0 Å². The van der Waals surface area contributed by atoms with Gasteiger partial charge in [0.2, 0.25) is 0 Å². The second kappa shape index (κ2) is 8.27. The summed E-state index contributed by atoms with van der Waals surface area (Å²) in [5, 5.41) is 0. The Kier molecular flexibility index (Phi) is 5.80. The summed E-state index contributed by atoms with van der Waals surface area (Å²) in [5.41, 5.74) is 2.59. The molecular formula is C22H22N2O3S. The van der Waals surface area contributed by atoms with Crippen molar-refractivity contribution in [3.8, 4) is 0 Å². The van der Waals surface area contributed by atoms with Gasteiger partial charge < -0.3 is 4.90 Å². The summed E-state index contributed by atoms with van der Waals surface area (Å²) in [6, 6.07) is 22.5. The van der Waals surface area contributed by atoms with E-state index in [0.29, 0.717) is 17.8 Å². The molecule has 0 spiro atoms. The minimum Gasteiger partial charge on any atom is -0.309 e. The highest BCUT2D eigenvalue weighted by Crippen LogP contribution is 2.21. The lowest BCUT2D eigenvalue weighted by Gasteiger charge is -2.21. The maximum atomic E-state index is 12.8. The number of nitrogens with one attached hydrogen (secondary N) is 1. The van der Waals surface area contributed by atoms with Crippen LogP contribution in [-0.2, 0) is 10.0 Å². The average Bonchev–Trinajstić information content (AvgIpc) is 2.71. The maximum absolute atomic E-state index is 12.8. The Morgan fingerprint density at radius 3 is 2.11 bits per heavy atom. The fraction of sp³-hybridized carbons (Fsp3) is 0.136. The van der Waals surface area contributed by atoms with Crippen molar-refractivity contribution in [3.63, 3.8) is 0 Å². The Morgan fingerprint density at radius 1 is 0.893 bits per heavy atom. The number of sulfonamides is 1. The van der Waals surface area contributed by atoms with Crippen molar-refractivity contribution in [1.82, 2.24) is 0 Å². The summed E-state index contributed by atoms with van der Waals surface area (Å²) in [6.07, 6.45) is 0. The number of nitrogens with zero attached hydrogens (tertiary/aromatic N) is 1. The number of carbonyl (C=O) groups is 1. The van der Waals surface area contributed by atoms with Gasteiger partial charge in [-0.1, -0.05) is 36.4 Å². The van der Waals surface area contributed by atoms with E-state index in [4.69, 9.17) is 0 Å². The predicted molar refractivity (Wildman–Crippen MR) is 112 cm³/mol. The molecule has 0 radical (unpaired) electrons. The SMILES string of the molecule is CCN(C(=O)c1ccc(S(=O)(=O)Nc2ccccc2C)cc1)c1ccccc1. The largest absolute Gasteiger partial charge is 0.309 e. The first-order valence-corrected chi connectivity index (χ1v) is 10.5. The summed E-state index contributed by atoms with van der Waals surface area (Å²) < 4.78 is 27.9. The molecule has 28 heavy (non-hydrogen) atoms. The second-order valence-corrected chi connectivity index (χ2v) is 8.01. The van der Waals surface area contributed by atoms with Gasteiger partial charge in [-0.15, -0.1) is 0 Å².